The van der Waals surface area contributed by atoms with E-state index in [9.17, 15) is 4.79 Å². The molecule has 0 heterocycles. The highest BCUT2D eigenvalue weighted by Crippen LogP contribution is 2.66. The molecule has 4 aliphatic rings. The summed E-state index contributed by atoms with van der Waals surface area (Å²) in [5.74, 6) is 3.49. The van der Waals surface area contributed by atoms with E-state index in [1.165, 1.54) is 83.5 Å². The van der Waals surface area contributed by atoms with Crippen molar-refractivity contribution < 1.29 is 9.53 Å². The molecule has 0 aromatic heterocycles. The summed E-state index contributed by atoms with van der Waals surface area (Å²) in [6.45, 7) is 11.3. The van der Waals surface area contributed by atoms with Gasteiger partial charge in [-0.05, 0) is 99.7 Å². The zero-order valence-electron chi connectivity index (χ0n) is 23.0. The summed E-state index contributed by atoms with van der Waals surface area (Å²) in [7, 11) is 0. The molecule has 2 heteroatoms. The van der Waals surface area contributed by atoms with Crippen LogP contribution in [0, 0.1) is 34.5 Å². The van der Waals surface area contributed by atoms with Crippen molar-refractivity contribution in [1.82, 2.24) is 0 Å². The fourth-order valence-corrected chi connectivity index (χ4v) is 8.84. The maximum atomic E-state index is 12.3. The average molecular weight is 469 g/mol. The quantitative estimate of drug-likeness (QED) is 0.146. The summed E-state index contributed by atoms with van der Waals surface area (Å²) in [5.41, 5.74) is 3.26. The molecule has 4 rings (SSSR count). The van der Waals surface area contributed by atoms with Crippen molar-refractivity contribution in [2.45, 2.75) is 137 Å². The SMILES string of the molecule is C/C=C(/C)C(=O)O[C@H]1CC[C@@]2(C)C(=CC[C@H]3[C@@H]4CC[C@H](CCCCCCCC)[C@@]4(C)CC[C@@H]32)C1. The van der Waals surface area contributed by atoms with Crippen molar-refractivity contribution in [3.63, 3.8) is 0 Å². The molecule has 2 nitrogen and oxygen atoms in total. The third kappa shape index (κ3) is 4.94. The van der Waals surface area contributed by atoms with E-state index in [1.54, 1.807) is 5.57 Å². The van der Waals surface area contributed by atoms with Gasteiger partial charge in [0.2, 0.25) is 0 Å². The third-order valence-electron chi connectivity index (χ3n) is 11.2. The summed E-state index contributed by atoms with van der Waals surface area (Å²) in [4.78, 5) is 12.3. The van der Waals surface area contributed by atoms with Crippen LogP contribution in [0.4, 0.5) is 0 Å². The van der Waals surface area contributed by atoms with Crippen LogP contribution in [0.1, 0.15) is 131 Å². The molecule has 0 unspecified atom stereocenters. The second-order valence-electron chi connectivity index (χ2n) is 12.9. The molecule has 3 fully saturated rings. The lowest BCUT2D eigenvalue weighted by Gasteiger charge is -2.58. The van der Waals surface area contributed by atoms with Gasteiger partial charge in [-0.1, -0.05) is 77.0 Å². The molecule has 0 spiro atoms. The molecule has 34 heavy (non-hydrogen) atoms. The van der Waals surface area contributed by atoms with Gasteiger partial charge in [0.1, 0.15) is 6.10 Å². The number of allylic oxidation sites excluding steroid dienone is 2. The van der Waals surface area contributed by atoms with Gasteiger partial charge in [0.05, 0.1) is 0 Å². The largest absolute Gasteiger partial charge is 0.459 e. The number of hydrogen-bond acceptors (Lipinski definition) is 2. The summed E-state index contributed by atoms with van der Waals surface area (Å²) in [6, 6.07) is 0. The first-order chi connectivity index (χ1) is 16.3. The predicted molar refractivity (Wildman–Crippen MR) is 142 cm³/mol. The minimum absolute atomic E-state index is 0.0697. The minimum atomic E-state index is -0.124. The number of carbonyl (C=O) groups is 1. The van der Waals surface area contributed by atoms with Gasteiger partial charge in [-0.25, -0.2) is 4.79 Å². The second kappa shape index (κ2) is 10.9. The van der Waals surface area contributed by atoms with E-state index in [-0.39, 0.29) is 12.1 Å². The molecule has 4 aliphatic carbocycles. The standard InChI is InChI=1S/C32H52O2/c1-6-8-9-10-11-12-13-24-15-17-28-27-16-14-25-22-26(34-30(33)23(3)7-2)18-20-32(25,5)29(27)19-21-31(24,28)4/h7,14,24,26-29H,6,8-13,15-22H2,1-5H3/b23-7-/t24-,26-,27-,28-,29-,31+,32-/m0/s1. The van der Waals surface area contributed by atoms with E-state index in [0.717, 1.165) is 42.1 Å². The molecule has 0 amide bonds. The van der Waals surface area contributed by atoms with E-state index in [0.29, 0.717) is 10.8 Å². The van der Waals surface area contributed by atoms with Crippen LogP contribution >= 0.6 is 0 Å². The van der Waals surface area contributed by atoms with Crippen molar-refractivity contribution >= 4 is 5.97 Å². The number of esters is 1. The molecular weight excluding hydrogens is 416 g/mol. The first-order valence-electron chi connectivity index (χ1n) is 14.9. The van der Waals surface area contributed by atoms with Crippen LogP contribution in [0.25, 0.3) is 0 Å². The Labute approximate surface area is 210 Å². The van der Waals surface area contributed by atoms with Gasteiger partial charge in [0.15, 0.2) is 0 Å². The van der Waals surface area contributed by atoms with Gasteiger partial charge < -0.3 is 4.74 Å². The van der Waals surface area contributed by atoms with Crippen LogP contribution in [0.15, 0.2) is 23.3 Å². The number of ether oxygens (including phenoxy) is 1. The van der Waals surface area contributed by atoms with E-state index in [1.807, 2.05) is 19.9 Å². The molecule has 192 valence electrons. The number of fused-ring (bicyclic) bond motifs is 5. The predicted octanol–water partition coefficient (Wildman–Crippen LogP) is 9.19. The molecule has 0 radical (unpaired) electrons. The van der Waals surface area contributed by atoms with Gasteiger partial charge in [-0.2, -0.15) is 0 Å². The Morgan fingerprint density at radius 2 is 1.79 bits per heavy atom. The number of carbonyl (C=O) groups excluding carboxylic acids is 1. The van der Waals surface area contributed by atoms with Gasteiger partial charge in [-0.15, -0.1) is 0 Å². The van der Waals surface area contributed by atoms with Gasteiger partial charge in [0.25, 0.3) is 0 Å². The lowest BCUT2D eigenvalue weighted by atomic mass is 9.47. The van der Waals surface area contributed by atoms with Crippen LogP contribution in [-0.4, -0.2) is 12.1 Å². The topological polar surface area (TPSA) is 26.3 Å². The number of rotatable bonds is 9. The van der Waals surface area contributed by atoms with Crippen molar-refractivity contribution in [3.8, 4) is 0 Å². The van der Waals surface area contributed by atoms with Crippen molar-refractivity contribution in [2.24, 2.45) is 34.5 Å². The van der Waals surface area contributed by atoms with E-state index >= 15 is 0 Å². The van der Waals surface area contributed by atoms with E-state index < -0.39 is 0 Å². The van der Waals surface area contributed by atoms with E-state index in [4.69, 9.17) is 4.74 Å². The Hall–Kier alpha value is -1.05. The summed E-state index contributed by atoms with van der Waals surface area (Å²) >= 11 is 0. The maximum absolute atomic E-state index is 12.3. The Morgan fingerprint density at radius 1 is 1.03 bits per heavy atom. The molecule has 0 aromatic carbocycles. The van der Waals surface area contributed by atoms with Crippen LogP contribution in [0.5, 0.6) is 0 Å². The van der Waals surface area contributed by atoms with Crippen LogP contribution in [0.3, 0.4) is 0 Å². The molecule has 0 bridgehead atoms. The number of hydrogen-bond donors (Lipinski definition) is 0. The van der Waals surface area contributed by atoms with Crippen LogP contribution < -0.4 is 0 Å². The van der Waals surface area contributed by atoms with Crippen LogP contribution in [-0.2, 0) is 9.53 Å². The van der Waals surface area contributed by atoms with Crippen molar-refractivity contribution in [1.29, 1.82) is 0 Å². The van der Waals surface area contributed by atoms with Crippen LogP contribution in [0.2, 0.25) is 0 Å². The first-order valence-corrected chi connectivity index (χ1v) is 14.9. The van der Waals surface area contributed by atoms with Crippen molar-refractivity contribution in [2.75, 3.05) is 0 Å². The normalized spacial score (nSPS) is 39.6. The zero-order valence-corrected chi connectivity index (χ0v) is 23.0. The molecule has 0 N–H and O–H groups in total. The Morgan fingerprint density at radius 3 is 2.56 bits per heavy atom. The Bertz CT molecular complexity index is 778. The summed E-state index contributed by atoms with van der Waals surface area (Å²) < 4.78 is 5.89. The highest BCUT2D eigenvalue weighted by Gasteiger charge is 2.58. The molecule has 0 aromatic rings. The average Bonchev–Trinajstić information content (AvgIpc) is 3.17. The van der Waals surface area contributed by atoms with Gasteiger partial charge in [0, 0.05) is 12.0 Å². The Balaban J connectivity index is 1.38. The summed E-state index contributed by atoms with van der Waals surface area (Å²) in [5, 5.41) is 0. The second-order valence-corrected chi connectivity index (χ2v) is 12.9. The highest BCUT2D eigenvalue weighted by molar-refractivity contribution is 5.87. The van der Waals surface area contributed by atoms with Gasteiger partial charge in [-0.3, -0.25) is 0 Å². The fourth-order valence-electron chi connectivity index (χ4n) is 8.84. The van der Waals surface area contributed by atoms with Crippen molar-refractivity contribution in [3.05, 3.63) is 23.3 Å². The molecule has 3 saturated carbocycles. The molecule has 7 atom stereocenters. The number of unbranched alkanes of at least 4 members (excludes halogenated alkanes) is 5. The maximum Gasteiger partial charge on any atom is 0.333 e. The smallest absolute Gasteiger partial charge is 0.333 e. The van der Waals surface area contributed by atoms with Gasteiger partial charge >= 0.3 is 5.97 Å². The first kappa shape index (κ1) is 26.0. The lowest BCUT2D eigenvalue weighted by Crippen LogP contribution is -2.50. The van der Waals surface area contributed by atoms with E-state index in [2.05, 4.69) is 26.8 Å². The molecule has 0 aliphatic heterocycles. The fraction of sp³-hybridized carbons (Fsp3) is 0.844. The third-order valence-corrected chi connectivity index (χ3v) is 11.2. The minimum Gasteiger partial charge on any atom is -0.459 e. The lowest BCUT2D eigenvalue weighted by molar-refractivity contribution is -0.146. The monoisotopic (exact) mass is 468 g/mol. The summed E-state index contributed by atoms with van der Waals surface area (Å²) in [6.07, 6.45) is 24.8. The molecule has 0 saturated heterocycles. The highest BCUT2D eigenvalue weighted by atomic mass is 16.5. The molecular formula is C32H52O2. The zero-order chi connectivity index (χ0) is 24.3. The Kier molecular flexibility index (Phi) is 8.36.